The Balaban J connectivity index is 1.95. The average molecular weight is 387 g/mol. The fourth-order valence-corrected chi connectivity index (χ4v) is 3.71. The molecule has 1 saturated heterocycles. The van der Waals surface area contributed by atoms with Crippen molar-refractivity contribution < 1.29 is 18.3 Å². The molecular weight excluding hydrogens is 360 g/mol. The fraction of sp³-hybridized carbons (Fsp3) is 0.435. The number of rotatable bonds is 6. The summed E-state index contributed by atoms with van der Waals surface area (Å²) in [5.74, 6) is -1.69. The van der Waals surface area contributed by atoms with Crippen molar-refractivity contribution >= 4 is 5.91 Å². The Morgan fingerprint density at radius 3 is 2.54 bits per heavy atom. The average Bonchev–Trinajstić information content (AvgIpc) is 2.71. The van der Waals surface area contributed by atoms with Crippen LogP contribution < -0.4 is 5.32 Å². The van der Waals surface area contributed by atoms with E-state index in [0.29, 0.717) is 38.0 Å². The number of benzene rings is 2. The van der Waals surface area contributed by atoms with E-state index < -0.39 is 17.0 Å². The Bertz CT molecular complexity index is 831. The van der Waals surface area contributed by atoms with Gasteiger partial charge in [0.1, 0.15) is 0 Å². The predicted octanol–water partition coefficient (Wildman–Crippen LogP) is 4.89. The minimum atomic E-state index is -0.873. The molecule has 3 nitrogen and oxygen atoms in total. The second-order valence-electron chi connectivity index (χ2n) is 7.64. The Labute approximate surface area is 165 Å². The van der Waals surface area contributed by atoms with Gasteiger partial charge in [0.25, 0.3) is 0 Å². The SMILES string of the molecule is CCC(C)NC(=O)C1(Cc2ccccc2-c2ccc(F)c(F)c2)CCOCC1. The molecule has 3 rings (SSSR count). The van der Waals surface area contributed by atoms with Gasteiger partial charge in [-0.05, 0) is 61.4 Å². The zero-order valence-electron chi connectivity index (χ0n) is 16.4. The van der Waals surface area contributed by atoms with E-state index in [1.165, 1.54) is 6.07 Å². The van der Waals surface area contributed by atoms with Crippen molar-refractivity contribution in [2.75, 3.05) is 13.2 Å². The Morgan fingerprint density at radius 1 is 1.14 bits per heavy atom. The minimum Gasteiger partial charge on any atom is -0.381 e. The molecule has 1 fully saturated rings. The highest BCUT2D eigenvalue weighted by molar-refractivity contribution is 5.84. The lowest BCUT2D eigenvalue weighted by atomic mass is 9.73. The smallest absolute Gasteiger partial charge is 0.226 e. The van der Waals surface area contributed by atoms with Gasteiger partial charge in [-0.25, -0.2) is 8.78 Å². The molecule has 1 heterocycles. The van der Waals surface area contributed by atoms with Crippen molar-refractivity contribution in [1.82, 2.24) is 5.32 Å². The standard InChI is InChI=1S/C23H27F2NO2/c1-3-16(2)26-22(27)23(10-12-28-13-11-23)15-18-6-4-5-7-19(18)17-8-9-20(24)21(25)14-17/h4-9,14,16H,3,10-13,15H2,1-2H3,(H,26,27). The molecule has 0 aliphatic carbocycles. The molecular formula is C23H27F2NO2. The van der Waals surface area contributed by atoms with E-state index in [2.05, 4.69) is 5.32 Å². The molecule has 0 radical (unpaired) electrons. The third-order valence-electron chi connectivity index (χ3n) is 5.70. The van der Waals surface area contributed by atoms with Crippen LogP contribution in [0, 0.1) is 17.0 Å². The molecule has 2 aromatic rings. The van der Waals surface area contributed by atoms with Gasteiger partial charge >= 0.3 is 0 Å². The van der Waals surface area contributed by atoms with Crippen LogP contribution >= 0.6 is 0 Å². The number of hydrogen-bond acceptors (Lipinski definition) is 2. The van der Waals surface area contributed by atoms with E-state index in [9.17, 15) is 13.6 Å². The first-order valence-electron chi connectivity index (χ1n) is 9.87. The third kappa shape index (κ3) is 4.41. The fourth-order valence-electron chi connectivity index (χ4n) is 3.71. The molecule has 2 aromatic carbocycles. The number of ether oxygens (including phenoxy) is 1. The molecule has 0 saturated carbocycles. The minimum absolute atomic E-state index is 0.0465. The zero-order chi connectivity index (χ0) is 20.1. The van der Waals surface area contributed by atoms with Crippen molar-refractivity contribution in [3.8, 4) is 11.1 Å². The topological polar surface area (TPSA) is 38.3 Å². The van der Waals surface area contributed by atoms with E-state index in [4.69, 9.17) is 4.74 Å². The second kappa shape index (κ2) is 8.82. The van der Waals surface area contributed by atoms with E-state index >= 15 is 0 Å². The molecule has 1 N–H and O–H groups in total. The van der Waals surface area contributed by atoms with Crippen LogP contribution in [0.5, 0.6) is 0 Å². The van der Waals surface area contributed by atoms with E-state index in [0.717, 1.165) is 23.6 Å². The highest BCUT2D eigenvalue weighted by Crippen LogP contribution is 2.38. The second-order valence-corrected chi connectivity index (χ2v) is 7.64. The summed E-state index contributed by atoms with van der Waals surface area (Å²) < 4.78 is 32.7. The van der Waals surface area contributed by atoms with Crippen LogP contribution in [0.25, 0.3) is 11.1 Å². The number of hydrogen-bond donors (Lipinski definition) is 1. The predicted molar refractivity (Wildman–Crippen MR) is 106 cm³/mol. The molecule has 1 aliphatic rings. The van der Waals surface area contributed by atoms with Gasteiger partial charge in [0.2, 0.25) is 5.91 Å². The van der Waals surface area contributed by atoms with Crippen LogP contribution in [0.2, 0.25) is 0 Å². The van der Waals surface area contributed by atoms with Crippen molar-refractivity contribution in [3.05, 3.63) is 59.7 Å². The normalized spacial score (nSPS) is 17.1. The van der Waals surface area contributed by atoms with Gasteiger partial charge in [-0.15, -0.1) is 0 Å². The molecule has 28 heavy (non-hydrogen) atoms. The molecule has 150 valence electrons. The maximum Gasteiger partial charge on any atom is 0.226 e. The molecule has 5 heteroatoms. The van der Waals surface area contributed by atoms with Gasteiger partial charge in [-0.2, -0.15) is 0 Å². The van der Waals surface area contributed by atoms with Crippen molar-refractivity contribution in [3.63, 3.8) is 0 Å². The summed E-state index contributed by atoms with van der Waals surface area (Å²) in [5.41, 5.74) is 1.83. The van der Waals surface area contributed by atoms with Gasteiger partial charge in [0, 0.05) is 19.3 Å². The number of carbonyl (C=O) groups excluding carboxylic acids is 1. The van der Waals surface area contributed by atoms with Gasteiger partial charge in [0.15, 0.2) is 11.6 Å². The summed E-state index contributed by atoms with van der Waals surface area (Å²) in [5, 5.41) is 3.13. The lowest BCUT2D eigenvalue weighted by molar-refractivity contribution is -0.137. The summed E-state index contributed by atoms with van der Waals surface area (Å²) in [7, 11) is 0. The molecule has 0 aromatic heterocycles. The quantitative estimate of drug-likeness (QED) is 0.767. The summed E-state index contributed by atoms with van der Waals surface area (Å²) in [4.78, 5) is 13.2. The van der Waals surface area contributed by atoms with E-state index in [-0.39, 0.29) is 11.9 Å². The van der Waals surface area contributed by atoms with Gasteiger partial charge in [-0.3, -0.25) is 4.79 Å². The zero-order valence-corrected chi connectivity index (χ0v) is 16.4. The third-order valence-corrected chi connectivity index (χ3v) is 5.70. The first kappa shape index (κ1) is 20.5. The van der Waals surface area contributed by atoms with Crippen LogP contribution in [-0.2, 0) is 16.0 Å². The van der Waals surface area contributed by atoms with Crippen molar-refractivity contribution in [2.45, 2.75) is 45.6 Å². The number of amides is 1. The Morgan fingerprint density at radius 2 is 1.86 bits per heavy atom. The van der Waals surface area contributed by atoms with Gasteiger partial charge in [-0.1, -0.05) is 37.3 Å². The molecule has 1 atom stereocenters. The summed E-state index contributed by atoms with van der Waals surface area (Å²) in [6.07, 6.45) is 2.68. The molecule has 1 unspecified atom stereocenters. The molecule has 1 amide bonds. The van der Waals surface area contributed by atoms with Crippen molar-refractivity contribution in [1.29, 1.82) is 0 Å². The van der Waals surface area contributed by atoms with Crippen LogP contribution in [-0.4, -0.2) is 25.2 Å². The first-order chi connectivity index (χ1) is 13.4. The number of halogens is 2. The molecule has 0 bridgehead atoms. The lowest BCUT2D eigenvalue weighted by Gasteiger charge is -2.37. The Kier molecular flexibility index (Phi) is 6.45. The van der Waals surface area contributed by atoms with Crippen molar-refractivity contribution in [2.24, 2.45) is 5.41 Å². The Hall–Kier alpha value is -2.27. The van der Waals surface area contributed by atoms with Crippen LogP contribution in [0.1, 0.15) is 38.7 Å². The highest BCUT2D eigenvalue weighted by Gasteiger charge is 2.40. The monoisotopic (exact) mass is 387 g/mol. The summed E-state index contributed by atoms with van der Waals surface area (Å²) in [6, 6.07) is 11.7. The van der Waals surface area contributed by atoms with Gasteiger partial charge < -0.3 is 10.1 Å². The summed E-state index contributed by atoms with van der Waals surface area (Å²) in [6.45, 7) is 5.13. The largest absolute Gasteiger partial charge is 0.381 e. The summed E-state index contributed by atoms with van der Waals surface area (Å²) >= 11 is 0. The highest BCUT2D eigenvalue weighted by atomic mass is 19.2. The maximum absolute atomic E-state index is 13.8. The lowest BCUT2D eigenvalue weighted by Crippen LogP contribution is -2.48. The molecule has 1 aliphatic heterocycles. The maximum atomic E-state index is 13.8. The van der Waals surface area contributed by atoms with Crippen LogP contribution in [0.3, 0.4) is 0 Å². The number of nitrogens with one attached hydrogen (secondary N) is 1. The van der Waals surface area contributed by atoms with E-state index in [1.807, 2.05) is 38.1 Å². The van der Waals surface area contributed by atoms with Crippen LogP contribution in [0.15, 0.2) is 42.5 Å². The van der Waals surface area contributed by atoms with Gasteiger partial charge in [0.05, 0.1) is 5.41 Å². The van der Waals surface area contributed by atoms with Crippen LogP contribution in [0.4, 0.5) is 8.78 Å². The first-order valence-corrected chi connectivity index (χ1v) is 9.87. The molecule has 0 spiro atoms. The van der Waals surface area contributed by atoms with E-state index in [1.54, 1.807) is 6.07 Å². The number of carbonyl (C=O) groups is 1.